The molecule has 0 aromatic heterocycles. The third kappa shape index (κ3) is 9.15. The van der Waals surface area contributed by atoms with Crippen LogP contribution in [0.1, 0.15) is 56.9 Å². The van der Waals surface area contributed by atoms with Gasteiger partial charge in [-0.05, 0) is 31.7 Å². The Labute approximate surface area is 179 Å². The second kappa shape index (κ2) is 14.3. The summed E-state index contributed by atoms with van der Waals surface area (Å²) in [6.45, 7) is 3.25. The molecule has 2 amide bonds. The third-order valence-corrected chi connectivity index (χ3v) is 5.07. The zero-order valence-electron chi connectivity index (χ0n) is 17.9. The molecule has 1 aliphatic rings. The number of hydrogen-bond acceptors (Lipinski definition) is 5. The number of carbonyl (C=O) groups excluding carboxylic acids is 1. The Bertz CT molecular complexity index is 692. The molecular weight excluding hydrogens is 380 g/mol. The number of nitrogens with zero attached hydrogens (tertiary/aromatic N) is 3. The zero-order chi connectivity index (χ0) is 21.4. The van der Waals surface area contributed by atoms with Crippen molar-refractivity contribution in [3.05, 3.63) is 29.8 Å². The van der Waals surface area contributed by atoms with Crippen molar-refractivity contribution in [3.63, 3.8) is 0 Å². The molecule has 0 atom stereocenters. The third-order valence-electron chi connectivity index (χ3n) is 5.07. The van der Waals surface area contributed by atoms with Gasteiger partial charge in [-0.25, -0.2) is 9.79 Å². The van der Waals surface area contributed by atoms with Crippen LogP contribution in [0.5, 0.6) is 5.75 Å². The lowest BCUT2D eigenvalue weighted by molar-refractivity contribution is 0.200. The topological polar surface area (TPSA) is 118 Å². The normalized spacial score (nSPS) is 16.7. The number of urea groups is 1. The molecule has 0 fully saturated rings. The minimum Gasteiger partial charge on any atom is -0.493 e. The molecule has 8 heteroatoms. The van der Waals surface area contributed by atoms with Crippen molar-refractivity contribution in [1.29, 1.82) is 0 Å². The molecule has 0 saturated carbocycles. The molecule has 0 saturated heterocycles. The first-order chi connectivity index (χ1) is 14.7. The minimum absolute atomic E-state index is 0.134. The summed E-state index contributed by atoms with van der Waals surface area (Å²) < 4.78 is 5.92. The molecule has 1 aliphatic heterocycles. The predicted octanol–water partition coefficient (Wildman–Crippen LogP) is 3.01. The van der Waals surface area contributed by atoms with Crippen molar-refractivity contribution in [2.45, 2.75) is 57.9 Å². The van der Waals surface area contributed by atoms with E-state index in [1.165, 1.54) is 6.34 Å². The van der Waals surface area contributed by atoms with Crippen LogP contribution < -0.4 is 21.5 Å². The Morgan fingerprint density at radius 3 is 2.80 bits per heavy atom. The molecule has 0 radical (unpaired) electrons. The van der Waals surface area contributed by atoms with Crippen LogP contribution in [0.3, 0.4) is 0 Å². The SMILES string of the molecule is NC=NCCCCCCN1CCCCCCOc2ccccc2CN=C(N)NC1=O. The Kier molecular flexibility index (Phi) is 11.2. The van der Waals surface area contributed by atoms with Crippen molar-refractivity contribution in [1.82, 2.24) is 10.2 Å². The Morgan fingerprint density at radius 1 is 1.13 bits per heavy atom. The molecule has 1 heterocycles. The van der Waals surface area contributed by atoms with Gasteiger partial charge < -0.3 is 21.1 Å². The summed E-state index contributed by atoms with van der Waals surface area (Å²) in [7, 11) is 0. The minimum atomic E-state index is -0.177. The van der Waals surface area contributed by atoms with Gasteiger partial charge in [0.05, 0.1) is 19.5 Å². The second-order valence-corrected chi connectivity index (χ2v) is 7.46. The van der Waals surface area contributed by atoms with Crippen LogP contribution in [0.2, 0.25) is 0 Å². The fraction of sp³-hybridized carbons (Fsp3) is 0.591. The van der Waals surface area contributed by atoms with Crippen molar-refractivity contribution < 1.29 is 9.53 Å². The number of unbranched alkanes of at least 4 members (excludes halogenated alkanes) is 3. The Hall–Kier alpha value is -2.77. The summed E-state index contributed by atoms with van der Waals surface area (Å²) >= 11 is 0. The summed E-state index contributed by atoms with van der Waals surface area (Å²) in [4.78, 5) is 22.9. The predicted molar refractivity (Wildman–Crippen MR) is 122 cm³/mol. The highest BCUT2D eigenvalue weighted by Gasteiger charge is 2.14. The fourth-order valence-corrected chi connectivity index (χ4v) is 3.36. The molecule has 0 bridgehead atoms. The van der Waals surface area contributed by atoms with Gasteiger partial charge in [0.25, 0.3) is 0 Å². The van der Waals surface area contributed by atoms with Gasteiger partial charge in [-0.15, -0.1) is 0 Å². The van der Waals surface area contributed by atoms with E-state index in [1.807, 2.05) is 29.2 Å². The van der Waals surface area contributed by atoms with Gasteiger partial charge in [-0.3, -0.25) is 10.3 Å². The number of ether oxygens (including phenoxy) is 1. The molecule has 8 nitrogen and oxygen atoms in total. The first-order valence-corrected chi connectivity index (χ1v) is 11.0. The van der Waals surface area contributed by atoms with E-state index in [2.05, 4.69) is 15.3 Å². The highest BCUT2D eigenvalue weighted by atomic mass is 16.5. The zero-order valence-corrected chi connectivity index (χ0v) is 17.9. The number of para-hydroxylation sites is 1. The average molecular weight is 417 g/mol. The summed E-state index contributed by atoms with van der Waals surface area (Å²) in [5.41, 5.74) is 12.2. The molecule has 0 aliphatic carbocycles. The van der Waals surface area contributed by atoms with E-state index in [4.69, 9.17) is 16.2 Å². The lowest BCUT2D eigenvalue weighted by Gasteiger charge is -2.23. The molecular formula is C22H36N6O2. The quantitative estimate of drug-likeness (QED) is 0.360. The fourth-order valence-electron chi connectivity index (χ4n) is 3.36. The van der Waals surface area contributed by atoms with Gasteiger partial charge in [0.1, 0.15) is 5.75 Å². The standard InChI is InChI=1S/C22H36N6O2/c23-18-25-13-7-1-2-8-14-28-15-9-3-4-10-16-30-20-12-6-5-11-19(20)17-26-21(24)27-22(28)29/h5-6,11-12,18H,1-4,7-10,13-17H2,(H2,23,25)(H3,24,26,27,29). The van der Waals surface area contributed by atoms with Crippen molar-refractivity contribution >= 4 is 18.3 Å². The number of fused-ring (bicyclic) bond motifs is 1. The maximum Gasteiger partial charge on any atom is 0.324 e. The summed E-state index contributed by atoms with van der Waals surface area (Å²) in [5, 5.41) is 2.74. The van der Waals surface area contributed by atoms with E-state index < -0.39 is 0 Å². The smallest absolute Gasteiger partial charge is 0.324 e. The number of aliphatic imine (C=N–C) groups is 2. The molecule has 5 N–H and O–H groups in total. The molecule has 0 unspecified atom stereocenters. The van der Waals surface area contributed by atoms with Gasteiger partial charge in [-0.2, -0.15) is 0 Å². The van der Waals surface area contributed by atoms with Crippen LogP contribution in [0.4, 0.5) is 4.79 Å². The first-order valence-electron chi connectivity index (χ1n) is 11.0. The number of nitrogens with one attached hydrogen (secondary N) is 1. The van der Waals surface area contributed by atoms with Crippen molar-refractivity contribution in [3.8, 4) is 5.75 Å². The molecule has 1 aromatic rings. The van der Waals surface area contributed by atoms with Gasteiger partial charge in [-0.1, -0.05) is 43.9 Å². The maximum atomic E-state index is 12.7. The van der Waals surface area contributed by atoms with E-state index >= 15 is 0 Å². The van der Waals surface area contributed by atoms with E-state index in [-0.39, 0.29) is 12.0 Å². The largest absolute Gasteiger partial charge is 0.493 e. The van der Waals surface area contributed by atoms with E-state index in [0.717, 1.165) is 75.8 Å². The number of nitrogens with two attached hydrogens (primary N) is 2. The summed E-state index contributed by atoms with van der Waals surface area (Å²) in [6.07, 6.45) is 9.57. The van der Waals surface area contributed by atoms with Gasteiger partial charge in [0.15, 0.2) is 5.96 Å². The highest BCUT2D eigenvalue weighted by molar-refractivity contribution is 5.95. The maximum absolute atomic E-state index is 12.7. The number of carbonyl (C=O) groups is 1. The number of rotatable bonds is 7. The van der Waals surface area contributed by atoms with E-state index in [1.54, 1.807) is 0 Å². The number of benzene rings is 1. The lowest BCUT2D eigenvalue weighted by Crippen LogP contribution is -2.46. The number of guanidine groups is 1. The Morgan fingerprint density at radius 2 is 1.93 bits per heavy atom. The Balaban J connectivity index is 1.92. The van der Waals surface area contributed by atoms with Gasteiger partial charge >= 0.3 is 6.03 Å². The van der Waals surface area contributed by atoms with Crippen LogP contribution in [-0.2, 0) is 6.54 Å². The first kappa shape index (κ1) is 23.5. The highest BCUT2D eigenvalue weighted by Crippen LogP contribution is 2.19. The lowest BCUT2D eigenvalue weighted by atomic mass is 10.1. The van der Waals surface area contributed by atoms with Crippen molar-refractivity contribution in [2.75, 3.05) is 26.2 Å². The number of amides is 2. The van der Waals surface area contributed by atoms with Crippen LogP contribution in [-0.4, -0.2) is 49.5 Å². The van der Waals surface area contributed by atoms with E-state index in [0.29, 0.717) is 19.7 Å². The van der Waals surface area contributed by atoms with Crippen molar-refractivity contribution in [2.24, 2.45) is 21.5 Å². The average Bonchev–Trinajstić information content (AvgIpc) is 2.75. The second-order valence-electron chi connectivity index (χ2n) is 7.46. The molecule has 1 aromatic carbocycles. The van der Waals surface area contributed by atoms with Gasteiger partial charge in [0.2, 0.25) is 0 Å². The summed E-state index contributed by atoms with van der Waals surface area (Å²) in [5.74, 6) is 0.961. The molecule has 0 spiro atoms. The summed E-state index contributed by atoms with van der Waals surface area (Å²) in [6, 6.07) is 7.64. The number of hydrogen-bond donors (Lipinski definition) is 3. The molecule has 2 rings (SSSR count). The van der Waals surface area contributed by atoms with Crippen LogP contribution in [0.25, 0.3) is 0 Å². The molecule has 30 heavy (non-hydrogen) atoms. The monoisotopic (exact) mass is 416 g/mol. The van der Waals surface area contributed by atoms with E-state index in [9.17, 15) is 4.79 Å². The van der Waals surface area contributed by atoms with Gasteiger partial charge in [0, 0.05) is 25.2 Å². The van der Waals surface area contributed by atoms with Crippen LogP contribution >= 0.6 is 0 Å². The van der Waals surface area contributed by atoms with Crippen LogP contribution in [0.15, 0.2) is 34.3 Å². The van der Waals surface area contributed by atoms with Crippen LogP contribution in [0, 0.1) is 0 Å². The molecule has 166 valence electrons.